The highest BCUT2D eigenvalue weighted by Crippen LogP contribution is 2.59. The second-order valence-electron chi connectivity index (χ2n) is 8.19. The van der Waals surface area contributed by atoms with E-state index in [1.807, 2.05) is 33.8 Å². The van der Waals surface area contributed by atoms with Gasteiger partial charge >= 0.3 is 11.9 Å². The molecule has 8 heteroatoms. The molecule has 2 heterocycles. The zero-order valence-electron chi connectivity index (χ0n) is 17.0. The summed E-state index contributed by atoms with van der Waals surface area (Å²) in [6, 6.07) is 4.60. The van der Waals surface area contributed by atoms with Crippen molar-refractivity contribution in [2.75, 3.05) is 7.11 Å². The van der Waals surface area contributed by atoms with Crippen molar-refractivity contribution in [2.45, 2.75) is 52.6 Å². The van der Waals surface area contributed by atoms with Crippen molar-refractivity contribution in [2.24, 2.45) is 16.7 Å². The van der Waals surface area contributed by atoms with Crippen LogP contribution in [-0.2, 0) is 14.3 Å². The van der Waals surface area contributed by atoms with Gasteiger partial charge in [0.2, 0.25) is 0 Å². The number of hydrogen-bond donors (Lipinski definition) is 2. The summed E-state index contributed by atoms with van der Waals surface area (Å²) >= 11 is 0. The summed E-state index contributed by atoms with van der Waals surface area (Å²) < 4.78 is 10.1. The number of aromatic nitrogens is 2. The fourth-order valence-corrected chi connectivity index (χ4v) is 5.23. The number of carboxylic acids is 1. The molecule has 0 radical (unpaired) electrons. The SMILES string of the molecule is COC(=O)C1(C)C(C)NC(C)C(C(=O)O)(C(C)C)C1c1cccc2nonc12. The van der Waals surface area contributed by atoms with Crippen molar-refractivity contribution in [1.82, 2.24) is 15.6 Å². The average molecular weight is 389 g/mol. The summed E-state index contributed by atoms with van der Waals surface area (Å²) in [5.41, 5.74) is -0.829. The van der Waals surface area contributed by atoms with Crippen LogP contribution in [0.3, 0.4) is 0 Å². The van der Waals surface area contributed by atoms with Gasteiger partial charge in [-0.1, -0.05) is 26.0 Å². The van der Waals surface area contributed by atoms with Gasteiger partial charge in [0.25, 0.3) is 0 Å². The number of nitrogens with zero attached hydrogens (tertiary/aromatic N) is 2. The Bertz CT molecular complexity index is 910. The minimum absolute atomic E-state index is 0.288. The predicted octanol–water partition coefficient (Wildman–Crippen LogP) is 2.59. The predicted molar refractivity (Wildman–Crippen MR) is 102 cm³/mol. The van der Waals surface area contributed by atoms with Crippen molar-refractivity contribution < 1.29 is 24.1 Å². The summed E-state index contributed by atoms with van der Waals surface area (Å²) in [5.74, 6) is -2.44. The highest BCUT2D eigenvalue weighted by Gasteiger charge is 2.66. The van der Waals surface area contributed by atoms with Crippen LogP contribution in [0.5, 0.6) is 0 Å². The number of nitrogens with one attached hydrogen (secondary N) is 1. The van der Waals surface area contributed by atoms with E-state index in [1.165, 1.54) is 7.11 Å². The molecule has 0 bridgehead atoms. The number of methoxy groups -OCH3 is 1. The van der Waals surface area contributed by atoms with Gasteiger partial charge in [0, 0.05) is 18.0 Å². The number of esters is 1. The molecule has 0 amide bonds. The normalized spacial score (nSPS) is 33.2. The molecule has 8 nitrogen and oxygen atoms in total. The fraction of sp³-hybridized carbons (Fsp3) is 0.600. The lowest BCUT2D eigenvalue weighted by molar-refractivity contribution is -0.177. The molecule has 1 saturated heterocycles. The van der Waals surface area contributed by atoms with Crippen molar-refractivity contribution in [1.29, 1.82) is 0 Å². The van der Waals surface area contributed by atoms with E-state index in [2.05, 4.69) is 15.6 Å². The van der Waals surface area contributed by atoms with Crippen LogP contribution in [0.2, 0.25) is 0 Å². The lowest BCUT2D eigenvalue weighted by Crippen LogP contribution is -2.70. The summed E-state index contributed by atoms with van der Waals surface area (Å²) in [5, 5.41) is 21.8. The van der Waals surface area contributed by atoms with Gasteiger partial charge in [-0.05, 0) is 48.6 Å². The molecular weight excluding hydrogens is 362 g/mol. The lowest BCUT2D eigenvalue weighted by Gasteiger charge is -2.58. The van der Waals surface area contributed by atoms with E-state index in [9.17, 15) is 14.7 Å². The lowest BCUT2D eigenvalue weighted by atomic mass is 9.49. The van der Waals surface area contributed by atoms with Crippen LogP contribution in [-0.4, -0.2) is 46.6 Å². The topological polar surface area (TPSA) is 115 Å². The molecule has 1 aromatic carbocycles. The van der Waals surface area contributed by atoms with Crippen LogP contribution in [0.15, 0.2) is 22.8 Å². The van der Waals surface area contributed by atoms with Gasteiger partial charge in [-0.25, -0.2) is 4.63 Å². The molecule has 1 fully saturated rings. The first-order valence-electron chi connectivity index (χ1n) is 9.42. The molecule has 2 aromatic rings. The third-order valence-corrected chi connectivity index (χ3v) is 6.77. The first-order valence-corrected chi connectivity index (χ1v) is 9.42. The van der Waals surface area contributed by atoms with Gasteiger partial charge in [0.15, 0.2) is 0 Å². The van der Waals surface area contributed by atoms with Crippen LogP contribution in [0.1, 0.15) is 46.1 Å². The number of fused-ring (bicyclic) bond motifs is 1. The number of benzene rings is 1. The maximum atomic E-state index is 13.1. The Morgan fingerprint density at radius 1 is 1.25 bits per heavy atom. The summed E-state index contributed by atoms with van der Waals surface area (Å²) in [6.07, 6.45) is 0. The van der Waals surface area contributed by atoms with Crippen LogP contribution in [0.4, 0.5) is 0 Å². The van der Waals surface area contributed by atoms with E-state index in [-0.39, 0.29) is 12.0 Å². The first-order chi connectivity index (χ1) is 13.1. The number of carboxylic acid groups (broad SMARTS) is 1. The van der Waals surface area contributed by atoms with Gasteiger partial charge in [-0.2, -0.15) is 0 Å². The van der Waals surface area contributed by atoms with Crippen molar-refractivity contribution in [3.8, 4) is 0 Å². The molecule has 5 atom stereocenters. The fourth-order valence-electron chi connectivity index (χ4n) is 5.23. The van der Waals surface area contributed by atoms with Gasteiger partial charge in [0.05, 0.1) is 17.9 Å². The van der Waals surface area contributed by atoms with E-state index in [4.69, 9.17) is 9.37 Å². The van der Waals surface area contributed by atoms with E-state index in [0.717, 1.165) is 0 Å². The zero-order valence-corrected chi connectivity index (χ0v) is 17.0. The number of ether oxygens (including phenoxy) is 1. The van der Waals surface area contributed by atoms with Crippen LogP contribution >= 0.6 is 0 Å². The Hall–Kier alpha value is -2.48. The molecule has 3 rings (SSSR count). The van der Waals surface area contributed by atoms with Crippen LogP contribution in [0, 0.1) is 16.7 Å². The highest BCUT2D eigenvalue weighted by molar-refractivity contribution is 5.88. The molecule has 0 saturated carbocycles. The summed E-state index contributed by atoms with van der Waals surface area (Å²) in [4.78, 5) is 25.9. The van der Waals surface area contributed by atoms with E-state index in [0.29, 0.717) is 16.6 Å². The maximum absolute atomic E-state index is 13.1. The number of piperidine rings is 1. The number of carbonyl (C=O) groups is 2. The first kappa shape index (κ1) is 20.3. The molecule has 1 aromatic heterocycles. The Balaban J connectivity index is 2.44. The Morgan fingerprint density at radius 3 is 2.50 bits per heavy atom. The molecule has 2 N–H and O–H groups in total. The van der Waals surface area contributed by atoms with E-state index < -0.39 is 34.7 Å². The van der Waals surface area contributed by atoms with Crippen molar-refractivity contribution in [3.63, 3.8) is 0 Å². The van der Waals surface area contributed by atoms with Gasteiger partial charge < -0.3 is 15.2 Å². The highest BCUT2D eigenvalue weighted by atomic mass is 16.6. The number of aliphatic carboxylic acids is 1. The van der Waals surface area contributed by atoms with Gasteiger partial charge in [0.1, 0.15) is 11.0 Å². The standard InChI is InChI=1S/C20H27N3O5/c1-10(2)20(17(24)25)12(4)21-11(3)19(5,18(26)27-6)16(20)13-8-7-9-14-15(13)23-28-22-14/h7-12,16,21H,1-6H3,(H,24,25). The molecule has 1 aliphatic rings. The van der Waals surface area contributed by atoms with E-state index in [1.54, 1.807) is 19.1 Å². The Kier molecular flexibility index (Phi) is 4.95. The Labute approximate surface area is 163 Å². The van der Waals surface area contributed by atoms with Crippen LogP contribution < -0.4 is 5.32 Å². The largest absolute Gasteiger partial charge is 0.481 e. The monoisotopic (exact) mass is 389 g/mol. The van der Waals surface area contributed by atoms with Crippen molar-refractivity contribution >= 4 is 23.0 Å². The van der Waals surface area contributed by atoms with Gasteiger partial charge in [-0.15, -0.1) is 0 Å². The minimum atomic E-state index is -1.29. The summed E-state index contributed by atoms with van der Waals surface area (Å²) in [7, 11) is 1.32. The molecule has 152 valence electrons. The molecule has 0 spiro atoms. The number of rotatable bonds is 4. The second kappa shape index (κ2) is 6.84. The molecule has 5 unspecified atom stereocenters. The third-order valence-electron chi connectivity index (χ3n) is 6.77. The van der Waals surface area contributed by atoms with Crippen LogP contribution in [0.25, 0.3) is 11.0 Å². The molecule has 0 aliphatic carbocycles. The Morgan fingerprint density at radius 2 is 1.93 bits per heavy atom. The van der Waals surface area contributed by atoms with Gasteiger partial charge in [-0.3, -0.25) is 9.59 Å². The quantitative estimate of drug-likeness (QED) is 0.767. The second-order valence-corrected chi connectivity index (χ2v) is 8.19. The summed E-state index contributed by atoms with van der Waals surface area (Å²) in [6.45, 7) is 9.24. The minimum Gasteiger partial charge on any atom is -0.481 e. The van der Waals surface area contributed by atoms with Crippen molar-refractivity contribution in [3.05, 3.63) is 23.8 Å². The molecule has 1 aliphatic heterocycles. The number of hydrogen-bond acceptors (Lipinski definition) is 7. The molecular formula is C20H27N3O5. The number of carbonyl (C=O) groups excluding carboxylic acids is 1. The average Bonchev–Trinajstić information content (AvgIpc) is 3.12. The smallest absolute Gasteiger partial charge is 0.313 e. The maximum Gasteiger partial charge on any atom is 0.313 e. The zero-order chi connectivity index (χ0) is 20.9. The van der Waals surface area contributed by atoms with E-state index >= 15 is 0 Å². The molecule has 28 heavy (non-hydrogen) atoms. The third kappa shape index (κ3) is 2.47.